The fourth-order valence-corrected chi connectivity index (χ4v) is 6.03. The zero-order valence-electron chi connectivity index (χ0n) is 18.0. The van der Waals surface area contributed by atoms with Crippen molar-refractivity contribution in [2.45, 2.75) is 26.2 Å². The summed E-state index contributed by atoms with van der Waals surface area (Å²) in [6, 6.07) is 38.9. The molecule has 0 aliphatic carbocycles. The van der Waals surface area contributed by atoms with Gasteiger partial charge >= 0.3 is 0 Å². The van der Waals surface area contributed by atoms with E-state index in [0.717, 1.165) is 17.5 Å². The Morgan fingerprint density at radius 1 is 0.613 bits per heavy atom. The van der Waals surface area contributed by atoms with Crippen molar-refractivity contribution >= 4 is 23.8 Å². The van der Waals surface area contributed by atoms with E-state index in [4.69, 9.17) is 0 Å². The molecule has 0 saturated carbocycles. The minimum atomic E-state index is -0.662. The van der Waals surface area contributed by atoms with E-state index >= 15 is 0 Å². The highest BCUT2D eigenvalue weighted by atomic mass is 31.1. The molecule has 0 radical (unpaired) electrons. The summed E-state index contributed by atoms with van der Waals surface area (Å²) in [6.45, 7) is 2.23. The van der Waals surface area contributed by atoms with E-state index in [1.807, 2.05) is 0 Å². The summed E-state index contributed by atoms with van der Waals surface area (Å²) in [7, 11) is -0.662. The summed E-state index contributed by atoms with van der Waals surface area (Å²) >= 11 is 0. The van der Waals surface area contributed by atoms with Crippen LogP contribution in [0.4, 0.5) is 0 Å². The van der Waals surface area contributed by atoms with E-state index in [2.05, 4.69) is 128 Å². The van der Waals surface area contributed by atoms with Crippen LogP contribution in [0.1, 0.15) is 36.5 Å². The summed E-state index contributed by atoms with van der Waals surface area (Å²) < 4.78 is 0. The summed E-state index contributed by atoms with van der Waals surface area (Å²) in [5, 5.41) is 4.00. The van der Waals surface area contributed by atoms with E-state index in [1.54, 1.807) is 0 Å². The van der Waals surface area contributed by atoms with Crippen LogP contribution in [-0.4, -0.2) is 0 Å². The molecule has 0 aliphatic heterocycles. The van der Waals surface area contributed by atoms with Gasteiger partial charge in [-0.05, 0) is 55.1 Å². The van der Waals surface area contributed by atoms with Gasteiger partial charge in [0, 0.05) is 16.4 Å². The largest absolute Gasteiger partial charge is 0.0654 e. The van der Waals surface area contributed by atoms with Gasteiger partial charge in [0.2, 0.25) is 0 Å². The lowest BCUT2D eigenvalue weighted by molar-refractivity contribution is 0.795. The first-order valence-electron chi connectivity index (χ1n) is 11.0. The molecule has 0 aromatic heterocycles. The summed E-state index contributed by atoms with van der Waals surface area (Å²) in [4.78, 5) is 0. The molecule has 0 aliphatic rings. The monoisotopic (exact) mass is 418 g/mol. The molecule has 0 nitrogen and oxygen atoms in total. The highest BCUT2D eigenvalue weighted by Gasteiger charge is 2.18. The molecule has 0 heterocycles. The van der Waals surface area contributed by atoms with Crippen molar-refractivity contribution in [1.29, 1.82) is 0 Å². The first kappa shape index (κ1) is 21.1. The molecule has 31 heavy (non-hydrogen) atoms. The Morgan fingerprint density at radius 2 is 1.19 bits per heavy atom. The minimum Gasteiger partial charge on any atom is -0.0654 e. The summed E-state index contributed by atoms with van der Waals surface area (Å²) in [5.74, 6) is 6.88. The molecule has 0 fully saturated rings. The van der Waals surface area contributed by atoms with Crippen LogP contribution < -0.4 is 15.9 Å². The second-order valence-electron chi connectivity index (χ2n) is 7.57. The molecule has 0 N–H and O–H groups in total. The van der Waals surface area contributed by atoms with Gasteiger partial charge in [-0.1, -0.05) is 116 Å². The molecule has 4 aromatic rings. The molecule has 0 saturated heterocycles. The normalized spacial score (nSPS) is 10.5. The smallest absolute Gasteiger partial charge is 0.0332 e. The van der Waals surface area contributed by atoms with E-state index in [-0.39, 0.29) is 0 Å². The Hall–Kier alpha value is -3.13. The van der Waals surface area contributed by atoms with E-state index in [0.29, 0.717) is 0 Å². The van der Waals surface area contributed by atoms with E-state index in [9.17, 15) is 0 Å². The van der Waals surface area contributed by atoms with Gasteiger partial charge in [-0.15, -0.1) is 0 Å². The molecular weight excluding hydrogens is 391 g/mol. The molecular formula is C30H27P. The Bertz CT molecular complexity index is 1110. The zero-order valence-corrected chi connectivity index (χ0v) is 18.9. The molecule has 0 spiro atoms. The van der Waals surface area contributed by atoms with Crippen LogP contribution in [0.3, 0.4) is 0 Å². The van der Waals surface area contributed by atoms with Crippen molar-refractivity contribution in [2.75, 3.05) is 0 Å². The molecule has 0 atom stereocenters. The third-order valence-electron chi connectivity index (χ3n) is 5.29. The maximum Gasteiger partial charge on any atom is 0.0332 e. The molecule has 4 aromatic carbocycles. The molecule has 152 valence electrons. The zero-order chi connectivity index (χ0) is 21.3. The molecule has 0 amide bonds. The van der Waals surface area contributed by atoms with Crippen molar-refractivity contribution < 1.29 is 0 Å². The van der Waals surface area contributed by atoms with Crippen LogP contribution in [0.15, 0.2) is 109 Å². The SMILES string of the molecule is CCCCc1ccc(C#Cc2ccccc2P(c2ccccc2)c2ccccc2)cc1. The highest BCUT2D eigenvalue weighted by Crippen LogP contribution is 2.33. The fourth-order valence-electron chi connectivity index (χ4n) is 3.63. The van der Waals surface area contributed by atoms with Gasteiger partial charge in [-0.3, -0.25) is 0 Å². The van der Waals surface area contributed by atoms with Crippen molar-refractivity contribution in [1.82, 2.24) is 0 Å². The Labute approximate surface area is 187 Å². The van der Waals surface area contributed by atoms with Gasteiger partial charge < -0.3 is 0 Å². The van der Waals surface area contributed by atoms with E-state index in [1.165, 1.54) is 34.3 Å². The second-order valence-corrected chi connectivity index (χ2v) is 9.76. The number of hydrogen-bond donors (Lipinski definition) is 0. The van der Waals surface area contributed by atoms with Crippen LogP contribution in [0.2, 0.25) is 0 Å². The maximum absolute atomic E-state index is 3.48. The Balaban J connectivity index is 1.70. The maximum atomic E-state index is 3.48. The van der Waals surface area contributed by atoms with Gasteiger partial charge in [0.05, 0.1) is 0 Å². The predicted molar refractivity (Wildman–Crippen MR) is 136 cm³/mol. The van der Waals surface area contributed by atoms with Gasteiger partial charge in [-0.2, -0.15) is 0 Å². The topological polar surface area (TPSA) is 0 Å². The first-order chi connectivity index (χ1) is 15.3. The van der Waals surface area contributed by atoms with Crippen molar-refractivity contribution in [3.63, 3.8) is 0 Å². The lowest BCUT2D eigenvalue weighted by Gasteiger charge is -2.20. The van der Waals surface area contributed by atoms with E-state index < -0.39 is 7.92 Å². The predicted octanol–water partition coefficient (Wildman–Crippen LogP) is 6.19. The first-order valence-corrected chi connectivity index (χ1v) is 12.3. The molecule has 0 unspecified atom stereocenters. The number of benzene rings is 4. The number of hydrogen-bond acceptors (Lipinski definition) is 0. The molecule has 1 heteroatoms. The van der Waals surface area contributed by atoms with Crippen LogP contribution in [0.5, 0.6) is 0 Å². The van der Waals surface area contributed by atoms with Crippen LogP contribution in [0, 0.1) is 11.8 Å². The van der Waals surface area contributed by atoms with Gasteiger partial charge in [-0.25, -0.2) is 0 Å². The highest BCUT2D eigenvalue weighted by molar-refractivity contribution is 7.79. The van der Waals surface area contributed by atoms with Crippen molar-refractivity contribution in [3.8, 4) is 11.8 Å². The second kappa shape index (κ2) is 10.8. The Morgan fingerprint density at radius 3 is 1.81 bits per heavy atom. The molecule has 0 bridgehead atoms. The third kappa shape index (κ3) is 5.52. The minimum absolute atomic E-state index is 0.662. The number of unbranched alkanes of at least 4 members (excludes halogenated alkanes) is 1. The Kier molecular flexibility index (Phi) is 7.33. The van der Waals surface area contributed by atoms with Crippen molar-refractivity contribution in [3.05, 3.63) is 126 Å². The van der Waals surface area contributed by atoms with Gasteiger partial charge in [0.25, 0.3) is 0 Å². The lowest BCUT2D eigenvalue weighted by Crippen LogP contribution is -2.22. The number of aryl methyl sites for hydroxylation is 1. The van der Waals surface area contributed by atoms with Crippen molar-refractivity contribution in [2.24, 2.45) is 0 Å². The lowest BCUT2D eigenvalue weighted by atomic mass is 10.1. The third-order valence-corrected chi connectivity index (χ3v) is 7.79. The quantitative estimate of drug-likeness (QED) is 0.259. The summed E-state index contributed by atoms with van der Waals surface area (Å²) in [6.07, 6.45) is 3.61. The van der Waals surface area contributed by atoms with Gasteiger partial charge in [0.15, 0.2) is 0 Å². The standard InChI is InChI=1S/C30H27P/c1-2-3-12-25-19-21-26(22-20-25)23-24-27-13-10-11-18-30(27)31(28-14-6-4-7-15-28)29-16-8-5-9-17-29/h4-11,13-22H,2-3,12H2,1H3. The average Bonchev–Trinajstić information content (AvgIpc) is 2.84. The number of rotatable bonds is 6. The summed E-state index contributed by atoms with van der Waals surface area (Å²) in [5.41, 5.74) is 3.57. The molecule has 4 rings (SSSR count). The van der Waals surface area contributed by atoms with Crippen LogP contribution in [0.25, 0.3) is 0 Å². The van der Waals surface area contributed by atoms with Gasteiger partial charge in [0.1, 0.15) is 0 Å². The average molecular weight is 419 g/mol. The van der Waals surface area contributed by atoms with Crippen LogP contribution in [-0.2, 0) is 6.42 Å². The fraction of sp³-hybridized carbons (Fsp3) is 0.133. The van der Waals surface area contributed by atoms with Crippen LogP contribution >= 0.6 is 7.92 Å².